The van der Waals surface area contributed by atoms with Gasteiger partial charge in [-0.3, -0.25) is 0 Å². The molecule has 0 unspecified atom stereocenters. The second-order valence-electron chi connectivity index (χ2n) is 12.6. The van der Waals surface area contributed by atoms with Crippen LogP contribution in [0.25, 0.3) is 21.2 Å². The molecule has 0 radical (unpaired) electrons. The Morgan fingerprint density at radius 3 is 1.65 bits per heavy atom. The molecular weight excluding hydrogens is 430 g/mol. The summed E-state index contributed by atoms with van der Waals surface area (Å²) in [7, 11) is 0. The maximum atomic E-state index is 3.67. The molecule has 3 aromatic carbocycles. The molecule has 0 spiro atoms. The summed E-state index contributed by atoms with van der Waals surface area (Å²) >= 11 is 1.80. The van der Waals surface area contributed by atoms with Crippen LogP contribution < -0.4 is 5.32 Å². The van der Waals surface area contributed by atoms with Gasteiger partial charge in [0.25, 0.3) is 0 Å². The molecule has 1 nitrogen and oxygen atoms in total. The number of anilines is 2. The summed E-state index contributed by atoms with van der Waals surface area (Å²) in [6.07, 6.45) is 0. The lowest BCUT2D eigenvalue weighted by atomic mass is 9.79. The molecule has 4 rings (SSSR count). The average molecular weight is 470 g/mol. The Balaban J connectivity index is 1.66. The van der Waals surface area contributed by atoms with Gasteiger partial charge in [-0.2, -0.15) is 0 Å². The van der Waals surface area contributed by atoms with Gasteiger partial charge in [-0.15, -0.1) is 11.3 Å². The van der Waals surface area contributed by atoms with Gasteiger partial charge in [-0.25, -0.2) is 0 Å². The van der Waals surface area contributed by atoms with Crippen LogP contribution in [0.2, 0.25) is 0 Å². The first-order valence-corrected chi connectivity index (χ1v) is 13.1. The molecule has 0 saturated carbocycles. The van der Waals surface area contributed by atoms with Crippen molar-refractivity contribution in [2.24, 2.45) is 0 Å². The maximum Gasteiger partial charge on any atom is 0.0573 e. The van der Waals surface area contributed by atoms with E-state index >= 15 is 0 Å². The molecule has 2 heteroatoms. The highest BCUT2D eigenvalue weighted by molar-refractivity contribution is 7.17. The summed E-state index contributed by atoms with van der Waals surface area (Å²) in [6.45, 7) is 20.6. The largest absolute Gasteiger partial charge is 0.354 e. The fourth-order valence-corrected chi connectivity index (χ4v) is 5.03. The number of hydrogen-bond acceptors (Lipinski definition) is 2. The van der Waals surface area contributed by atoms with Crippen LogP contribution in [0.5, 0.6) is 0 Å². The average Bonchev–Trinajstić information content (AvgIpc) is 3.14. The Labute approximate surface area is 210 Å². The third-order valence-electron chi connectivity index (χ3n) is 6.60. The maximum absolute atomic E-state index is 3.67. The normalized spacial score (nSPS) is 12.9. The zero-order valence-corrected chi connectivity index (χ0v) is 23.1. The van der Waals surface area contributed by atoms with Crippen molar-refractivity contribution in [1.29, 1.82) is 0 Å². The highest BCUT2D eigenvalue weighted by atomic mass is 32.1. The molecule has 1 N–H and O–H groups in total. The lowest BCUT2D eigenvalue weighted by Gasteiger charge is -2.26. The van der Waals surface area contributed by atoms with E-state index in [4.69, 9.17) is 0 Å². The standard InChI is InChI=1S/C32H39NS/c1-30(2,3)23-12-15-29-27(19-23)28(20-34-29)33-26-13-10-21(11-14-26)22-16-24(31(4,5)6)18-25(17-22)32(7,8)9/h10-20,33H,1-9H3. The van der Waals surface area contributed by atoms with E-state index in [2.05, 4.69) is 134 Å². The molecule has 1 aromatic heterocycles. The molecule has 0 aliphatic rings. The monoisotopic (exact) mass is 469 g/mol. The van der Waals surface area contributed by atoms with Crippen molar-refractivity contribution in [1.82, 2.24) is 0 Å². The Hall–Kier alpha value is -2.58. The van der Waals surface area contributed by atoms with Crippen LogP contribution in [0.1, 0.15) is 79.0 Å². The van der Waals surface area contributed by atoms with E-state index in [1.807, 2.05) is 0 Å². The van der Waals surface area contributed by atoms with E-state index in [0.29, 0.717) is 0 Å². The van der Waals surface area contributed by atoms with E-state index in [1.54, 1.807) is 11.3 Å². The first-order valence-electron chi connectivity index (χ1n) is 12.3. The minimum atomic E-state index is 0.115. The van der Waals surface area contributed by atoms with Gasteiger partial charge >= 0.3 is 0 Å². The van der Waals surface area contributed by atoms with E-state index in [-0.39, 0.29) is 16.2 Å². The van der Waals surface area contributed by atoms with Crippen LogP contribution in [0.3, 0.4) is 0 Å². The minimum absolute atomic E-state index is 0.115. The summed E-state index contributed by atoms with van der Waals surface area (Å²) < 4.78 is 1.32. The van der Waals surface area contributed by atoms with Crippen molar-refractivity contribution < 1.29 is 0 Å². The predicted octanol–water partition coefficient (Wildman–Crippen LogP) is 10.2. The van der Waals surface area contributed by atoms with Crippen molar-refractivity contribution >= 4 is 32.8 Å². The Morgan fingerprint density at radius 1 is 0.559 bits per heavy atom. The number of hydrogen-bond donors (Lipinski definition) is 1. The second-order valence-corrected chi connectivity index (χ2v) is 13.5. The fourth-order valence-electron chi connectivity index (χ4n) is 4.15. The second kappa shape index (κ2) is 8.57. The molecule has 0 amide bonds. The Morgan fingerprint density at radius 2 is 1.12 bits per heavy atom. The Bertz CT molecular complexity index is 1270. The van der Waals surface area contributed by atoms with Crippen LogP contribution in [-0.4, -0.2) is 0 Å². The molecule has 0 fully saturated rings. The molecule has 0 bridgehead atoms. The van der Waals surface area contributed by atoms with E-state index in [0.717, 1.165) is 5.69 Å². The zero-order valence-electron chi connectivity index (χ0n) is 22.3. The molecule has 0 atom stereocenters. The van der Waals surface area contributed by atoms with E-state index in [1.165, 1.54) is 43.6 Å². The first kappa shape index (κ1) is 24.5. The fraction of sp³-hybridized carbons (Fsp3) is 0.375. The van der Waals surface area contributed by atoms with Gasteiger partial charge in [-0.05, 0) is 68.3 Å². The lowest BCUT2D eigenvalue weighted by molar-refractivity contribution is 0.569. The van der Waals surface area contributed by atoms with Crippen LogP contribution in [0.4, 0.5) is 11.4 Å². The van der Waals surface area contributed by atoms with Crippen molar-refractivity contribution in [2.75, 3.05) is 5.32 Å². The van der Waals surface area contributed by atoms with Crippen LogP contribution in [-0.2, 0) is 16.2 Å². The SMILES string of the molecule is CC(C)(C)c1cc(-c2ccc(Nc3csc4ccc(C(C)(C)C)cc34)cc2)cc(C(C)(C)C)c1. The van der Waals surface area contributed by atoms with Crippen molar-refractivity contribution in [3.63, 3.8) is 0 Å². The third kappa shape index (κ3) is 5.23. The minimum Gasteiger partial charge on any atom is -0.354 e. The summed E-state index contributed by atoms with van der Waals surface area (Å²) in [4.78, 5) is 0. The quantitative estimate of drug-likeness (QED) is 0.315. The van der Waals surface area contributed by atoms with E-state index < -0.39 is 0 Å². The van der Waals surface area contributed by atoms with Crippen LogP contribution in [0.15, 0.2) is 66.0 Å². The van der Waals surface area contributed by atoms with Crippen LogP contribution in [0, 0.1) is 0 Å². The molecule has 34 heavy (non-hydrogen) atoms. The summed E-state index contributed by atoms with van der Waals surface area (Å²) in [5, 5.41) is 7.20. The first-order chi connectivity index (χ1) is 15.7. The van der Waals surface area contributed by atoms with Gasteiger partial charge in [0.1, 0.15) is 0 Å². The zero-order chi connectivity index (χ0) is 24.9. The third-order valence-corrected chi connectivity index (χ3v) is 7.57. The molecule has 0 aliphatic carbocycles. The molecule has 0 aliphatic heterocycles. The Kier molecular flexibility index (Phi) is 6.19. The summed E-state index contributed by atoms with van der Waals surface area (Å²) in [5.74, 6) is 0. The van der Waals surface area contributed by atoms with Crippen molar-refractivity contribution in [3.05, 3.63) is 82.7 Å². The molecule has 0 saturated heterocycles. The van der Waals surface area contributed by atoms with Gasteiger partial charge in [-0.1, -0.05) is 98.7 Å². The summed E-state index contributed by atoms with van der Waals surface area (Å²) in [6, 6.07) is 22.8. The molecule has 1 heterocycles. The highest BCUT2D eigenvalue weighted by Gasteiger charge is 2.21. The van der Waals surface area contributed by atoms with E-state index in [9.17, 15) is 0 Å². The number of rotatable bonds is 3. The van der Waals surface area contributed by atoms with Gasteiger partial charge in [0, 0.05) is 21.2 Å². The highest BCUT2D eigenvalue weighted by Crippen LogP contribution is 2.37. The van der Waals surface area contributed by atoms with Crippen molar-refractivity contribution in [3.8, 4) is 11.1 Å². The van der Waals surface area contributed by atoms with Gasteiger partial charge in [0.2, 0.25) is 0 Å². The molecule has 178 valence electrons. The smallest absolute Gasteiger partial charge is 0.0573 e. The topological polar surface area (TPSA) is 12.0 Å². The lowest BCUT2D eigenvalue weighted by Crippen LogP contribution is -2.16. The molecular formula is C32H39NS. The number of thiophene rings is 1. The summed E-state index contributed by atoms with van der Waals surface area (Å²) in [5.41, 5.74) is 9.36. The number of benzene rings is 3. The number of nitrogens with one attached hydrogen (secondary N) is 1. The predicted molar refractivity (Wildman–Crippen MR) is 153 cm³/mol. The molecule has 4 aromatic rings. The van der Waals surface area contributed by atoms with Gasteiger partial charge < -0.3 is 5.32 Å². The van der Waals surface area contributed by atoms with Gasteiger partial charge in [0.05, 0.1) is 5.69 Å². The van der Waals surface area contributed by atoms with Gasteiger partial charge in [0.15, 0.2) is 0 Å². The number of fused-ring (bicyclic) bond motifs is 1. The van der Waals surface area contributed by atoms with Crippen LogP contribution >= 0.6 is 11.3 Å². The van der Waals surface area contributed by atoms with Crippen molar-refractivity contribution in [2.45, 2.75) is 78.6 Å².